The molecule has 0 bridgehead atoms. The third kappa shape index (κ3) is 5.82. The zero-order valence-corrected chi connectivity index (χ0v) is 40.6. The standard InChI is InChI=1S/C72H48N2/c1-6-25-49(26-7-1)71(50-27-8-2-9-28-50)62-41-22-20-39-60(62)70-64(71)43-24-44-67(70)74(53-33-14-5-15-34-53)68-48-66-69(58-37-17-16-36-57(58)68)59-38-19-23-42-63(59)72(66)61-40-21-18-35-55(61)56-46-45-54(47-65(56)72)73(51-29-10-3-11-30-51)52-31-12-4-13-32-52/h1-48H. The molecule has 0 saturated carbocycles. The molecule has 0 heterocycles. The minimum absolute atomic E-state index is 0.555. The van der Waals surface area contributed by atoms with Gasteiger partial charge in [0.1, 0.15) is 0 Å². The molecule has 0 N–H and O–H groups in total. The Morgan fingerprint density at radius 2 is 0.649 bits per heavy atom. The van der Waals surface area contributed by atoms with Crippen molar-refractivity contribution in [3.8, 4) is 33.4 Å². The van der Waals surface area contributed by atoms with Crippen LogP contribution in [-0.4, -0.2) is 0 Å². The normalized spacial score (nSPS) is 14.9. The molecule has 2 heteroatoms. The summed E-state index contributed by atoms with van der Waals surface area (Å²) in [5.41, 5.74) is 23.4. The molecule has 1 spiro atoms. The first-order valence-electron chi connectivity index (χ1n) is 25.8. The number of anilines is 6. The number of rotatable bonds is 8. The highest BCUT2D eigenvalue weighted by atomic mass is 15.2. The highest BCUT2D eigenvalue weighted by Crippen LogP contribution is 2.66. The van der Waals surface area contributed by atoms with Crippen LogP contribution in [-0.2, 0) is 10.8 Å². The number of benzene rings is 12. The Balaban J connectivity index is 1.05. The average molecular weight is 941 g/mol. The predicted molar refractivity (Wildman–Crippen MR) is 307 cm³/mol. The van der Waals surface area contributed by atoms with Crippen LogP contribution in [0.25, 0.3) is 44.2 Å². The largest absolute Gasteiger partial charge is 0.310 e. The van der Waals surface area contributed by atoms with Gasteiger partial charge in [0.2, 0.25) is 0 Å². The summed E-state index contributed by atoms with van der Waals surface area (Å²) in [6.45, 7) is 0. The van der Waals surface area contributed by atoms with Gasteiger partial charge < -0.3 is 9.80 Å². The molecule has 12 aromatic rings. The fraction of sp³-hybridized carbons (Fsp3) is 0.0278. The lowest BCUT2D eigenvalue weighted by atomic mass is 9.68. The van der Waals surface area contributed by atoms with E-state index in [0.29, 0.717) is 0 Å². The van der Waals surface area contributed by atoms with Crippen LogP contribution < -0.4 is 9.80 Å². The third-order valence-corrected chi connectivity index (χ3v) is 16.3. The Morgan fingerprint density at radius 1 is 0.216 bits per heavy atom. The molecule has 0 radical (unpaired) electrons. The quantitative estimate of drug-likeness (QED) is 0.150. The van der Waals surface area contributed by atoms with Gasteiger partial charge in [-0.3, -0.25) is 0 Å². The van der Waals surface area contributed by atoms with Gasteiger partial charge in [-0.25, -0.2) is 0 Å². The summed E-state index contributed by atoms with van der Waals surface area (Å²) in [5, 5.41) is 2.43. The fourth-order valence-corrected chi connectivity index (χ4v) is 13.5. The molecule has 2 nitrogen and oxygen atoms in total. The molecule has 3 aliphatic carbocycles. The van der Waals surface area contributed by atoms with Gasteiger partial charge in [0.15, 0.2) is 0 Å². The Bertz CT molecular complexity index is 4050. The zero-order valence-electron chi connectivity index (χ0n) is 40.6. The van der Waals surface area contributed by atoms with E-state index in [9.17, 15) is 0 Å². The van der Waals surface area contributed by atoms with Gasteiger partial charge in [0.05, 0.1) is 22.2 Å². The van der Waals surface area contributed by atoms with Gasteiger partial charge in [-0.15, -0.1) is 0 Å². The average Bonchev–Trinajstić information content (AvgIpc) is 4.11. The SMILES string of the molecule is c1ccc(N(c2ccccc2)c2ccc3c(c2)C2(c4ccccc4-3)c3ccccc3-c3c2cc(N(c2ccccc2)c2cccc4c2-c2ccccc2C4(c2ccccc2)c2ccccc2)c2ccccc32)cc1. The Hall–Kier alpha value is -9.50. The highest BCUT2D eigenvalue weighted by molar-refractivity contribution is 6.13. The first-order valence-corrected chi connectivity index (χ1v) is 25.8. The predicted octanol–water partition coefficient (Wildman–Crippen LogP) is 18.5. The van der Waals surface area contributed by atoms with Crippen LogP contribution in [0.5, 0.6) is 0 Å². The van der Waals surface area contributed by atoms with E-state index >= 15 is 0 Å². The molecule has 0 aromatic heterocycles. The lowest BCUT2D eigenvalue weighted by Crippen LogP contribution is -2.28. The van der Waals surface area contributed by atoms with Crippen molar-refractivity contribution in [1.29, 1.82) is 0 Å². The summed E-state index contributed by atoms with van der Waals surface area (Å²) in [4.78, 5) is 4.98. The lowest BCUT2D eigenvalue weighted by Gasteiger charge is -2.35. The minimum atomic E-state index is -0.644. The summed E-state index contributed by atoms with van der Waals surface area (Å²) in [6, 6.07) is 108. The second-order valence-corrected chi connectivity index (χ2v) is 19.8. The van der Waals surface area contributed by atoms with E-state index in [1.165, 1.54) is 88.7 Å². The molecule has 12 aromatic carbocycles. The van der Waals surface area contributed by atoms with E-state index in [4.69, 9.17) is 0 Å². The minimum Gasteiger partial charge on any atom is -0.310 e. The molecule has 1 unspecified atom stereocenters. The van der Waals surface area contributed by atoms with Crippen molar-refractivity contribution in [3.05, 3.63) is 336 Å². The molecule has 3 aliphatic rings. The van der Waals surface area contributed by atoms with Crippen LogP contribution >= 0.6 is 0 Å². The lowest BCUT2D eigenvalue weighted by molar-refractivity contribution is 0.768. The molecule has 0 fully saturated rings. The van der Waals surface area contributed by atoms with Gasteiger partial charge in [-0.05, 0) is 138 Å². The van der Waals surface area contributed by atoms with Gasteiger partial charge in [0.25, 0.3) is 0 Å². The van der Waals surface area contributed by atoms with Gasteiger partial charge >= 0.3 is 0 Å². The van der Waals surface area contributed by atoms with E-state index in [1.54, 1.807) is 0 Å². The highest BCUT2D eigenvalue weighted by Gasteiger charge is 2.53. The van der Waals surface area contributed by atoms with Crippen LogP contribution in [0, 0.1) is 0 Å². The van der Waals surface area contributed by atoms with E-state index in [-0.39, 0.29) is 0 Å². The molecule has 74 heavy (non-hydrogen) atoms. The summed E-state index contributed by atoms with van der Waals surface area (Å²) < 4.78 is 0. The molecule has 0 saturated heterocycles. The van der Waals surface area contributed by atoms with Gasteiger partial charge in [-0.1, -0.05) is 231 Å². The van der Waals surface area contributed by atoms with Gasteiger partial charge in [0, 0.05) is 33.7 Å². The van der Waals surface area contributed by atoms with Crippen LogP contribution in [0.15, 0.2) is 291 Å². The number of hydrogen-bond acceptors (Lipinski definition) is 2. The Morgan fingerprint density at radius 3 is 1.24 bits per heavy atom. The van der Waals surface area contributed by atoms with Crippen molar-refractivity contribution in [2.75, 3.05) is 9.80 Å². The first kappa shape index (κ1) is 42.2. The van der Waals surface area contributed by atoms with Crippen molar-refractivity contribution in [2.24, 2.45) is 0 Å². The summed E-state index contributed by atoms with van der Waals surface area (Å²) >= 11 is 0. The van der Waals surface area contributed by atoms with Crippen molar-refractivity contribution < 1.29 is 0 Å². The first-order chi connectivity index (χ1) is 36.8. The number of nitrogens with zero attached hydrogens (tertiary/aromatic N) is 2. The molecule has 346 valence electrons. The van der Waals surface area contributed by atoms with Crippen LogP contribution in [0.1, 0.15) is 44.5 Å². The Labute approximate surface area is 432 Å². The monoisotopic (exact) mass is 940 g/mol. The summed E-state index contributed by atoms with van der Waals surface area (Å²) in [7, 11) is 0. The van der Waals surface area contributed by atoms with Gasteiger partial charge in [-0.2, -0.15) is 0 Å². The van der Waals surface area contributed by atoms with E-state index in [2.05, 4.69) is 301 Å². The van der Waals surface area contributed by atoms with E-state index in [1.807, 2.05) is 0 Å². The number of para-hydroxylation sites is 3. The van der Waals surface area contributed by atoms with Crippen molar-refractivity contribution in [3.63, 3.8) is 0 Å². The molecular weight excluding hydrogens is 893 g/mol. The van der Waals surface area contributed by atoms with Crippen molar-refractivity contribution >= 4 is 44.9 Å². The van der Waals surface area contributed by atoms with Crippen LogP contribution in [0.3, 0.4) is 0 Å². The number of hydrogen-bond donors (Lipinski definition) is 0. The summed E-state index contributed by atoms with van der Waals surface area (Å²) in [5.74, 6) is 0. The number of fused-ring (bicyclic) bond motifs is 15. The fourth-order valence-electron chi connectivity index (χ4n) is 13.5. The molecule has 1 atom stereocenters. The maximum absolute atomic E-state index is 2.58. The van der Waals surface area contributed by atoms with E-state index < -0.39 is 10.8 Å². The van der Waals surface area contributed by atoms with Crippen molar-refractivity contribution in [2.45, 2.75) is 10.8 Å². The van der Waals surface area contributed by atoms with Crippen molar-refractivity contribution in [1.82, 2.24) is 0 Å². The zero-order chi connectivity index (χ0) is 48.8. The molecule has 0 aliphatic heterocycles. The van der Waals surface area contributed by atoms with Crippen LogP contribution in [0.2, 0.25) is 0 Å². The second kappa shape index (κ2) is 16.5. The maximum atomic E-state index is 2.58. The van der Waals surface area contributed by atoms with E-state index in [0.717, 1.165) is 34.1 Å². The summed E-state index contributed by atoms with van der Waals surface area (Å²) in [6.07, 6.45) is 0. The molecular formula is C72H48N2. The smallest absolute Gasteiger partial charge is 0.0727 e. The van der Waals surface area contributed by atoms with Crippen LogP contribution in [0.4, 0.5) is 34.1 Å². The maximum Gasteiger partial charge on any atom is 0.0727 e. The third-order valence-electron chi connectivity index (χ3n) is 16.3. The Kier molecular flexibility index (Phi) is 9.43. The molecule has 0 amide bonds. The second-order valence-electron chi connectivity index (χ2n) is 19.8. The topological polar surface area (TPSA) is 6.48 Å². The molecule has 15 rings (SSSR count).